The molecule has 2 aromatic rings. The highest BCUT2D eigenvalue weighted by Crippen LogP contribution is 2.15. The Morgan fingerprint density at radius 1 is 0.950 bits per heavy atom. The molecule has 5 heteroatoms. The predicted molar refractivity (Wildman–Crippen MR) is 74.6 cm³/mol. The van der Waals surface area contributed by atoms with Crippen LogP contribution in [0.4, 0.5) is 5.69 Å². The minimum Gasteiger partial charge on any atom is -0.497 e. The summed E-state index contributed by atoms with van der Waals surface area (Å²) in [6, 6.07) is 14.0. The van der Waals surface area contributed by atoms with E-state index in [1.165, 1.54) is 12.1 Å². The zero-order chi connectivity index (χ0) is 14.4. The fourth-order valence-corrected chi connectivity index (χ4v) is 1.72. The van der Waals surface area contributed by atoms with Crippen LogP contribution in [0.3, 0.4) is 0 Å². The lowest BCUT2D eigenvalue weighted by molar-refractivity contribution is -0.384. The van der Waals surface area contributed by atoms with E-state index in [9.17, 15) is 10.1 Å². The van der Waals surface area contributed by atoms with Crippen molar-refractivity contribution in [1.29, 1.82) is 0 Å². The second-order valence-corrected chi connectivity index (χ2v) is 4.26. The van der Waals surface area contributed by atoms with Gasteiger partial charge in [0, 0.05) is 12.1 Å². The summed E-state index contributed by atoms with van der Waals surface area (Å²) in [5, 5.41) is 10.5. The molecule has 0 aliphatic heterocycles. The quantitative estimate of drug-likeness (QED) is 0.598. The first-order valence-electron chi connectivity index (χ1n) is 6.13. The maximum Gasteiger partial charge on any atom is 0.269 e. The Kier molecular flexibility index (Phi) is 4.68. The van der Waals surface area contributed by atoms with E-state index in [1.807, 2.05) is 24.3 Å². The van der Waals surface area contributed by atoms with Crippen LogP contribution < -0.4 is 4.74 Å². The first-order valence-corrected chi connectivity index (χ1v) is 6.13. The van der Waals surface area contributed by atoms with E-state index in [1.54, 1.807) is 19.2 Å². The van der Waals surface area contributed by atoms with Crippen LogP contribution in [0.5, 0.6) is 5.75 Å². The van der Waals surface area contributed by atoms with E-state index in [0.717, 1.165) is 16.9 Å². The molecule has 0 spiro atoms. The SMILES string of the molecule is COc1ccc(COCc2ccc([N+](=O)[O-])cc2)cc1. The van der Waals surface area contributed by atoms with Crippen LogP contribution in [0.15, 0.2) is 48.5 Å². The lowest BCUT2D eigenvalue weighted by Crippen LogP contribution is -1.95. The van der Waals surface area contributed by atoms with Crippen LogP contribution in [-0.4, -0.2) is 12.0 Å². The summed E-state index contributed by atoms with van der Waals surface area (Å²) in [6.45, 7) is 0.908. The van der Waals surface area contributed by atoms with Gasteiger partial charge < -0.3 is 9.47 Å². The number of benzene rings is 2. The van der Waals surface area contributed by atoms with Crippen LogP contribution in [-0.2, 0) is 18.0 Å². The average Bonchev–Trinajstić information content (AvgIpc) is 2.48. The number of nitro benzene ring substituents is 1. The number of hydrogen-bond donors (Lipinski definition) is 0. The first-order chi connectivity index (χ1) is 9.69. The molecule has 0 radical (unpaired) electrons. The van der Waals surface area contributed by atoms with Gasteiger partial charge in [0.2, 0.25) is 0 Å². The van der Waals surface area contributed by atoms with Gasteiger partial charge in [-0.15, -0.1) is 0 Å². The molecule has 2 aromatic carbocycles. The molecule has 0 aliphatic rings. The van der Waals surface area contributed by atoms with Crippen molar-refractivity contribution < 1.29 is 14.4 Å². The van der Waals surface area contributed by atoms with Gasteiger partial charge in [-0.05, 0) is 35.4 Å². The molecule has 0 heterocycles. The van der Waals surface area contributed by atoms with Crippen LogP contribution in [0.1, 0.15) is 11.1 Å². The summed E-state index contributed by atoms with van der Waals surface area (Å²) < 4.78 is 10.6. The van der Waals surface area contributed by atoms with Gasteiger partial charge in [0.05, 0.1) is 25.2 Å². The van der Waals surface area contributed by atoms with Crippen molar-refractivity contribution in [3.05, 3.63) is 69.8 Å². The van der Waals surface area contributed by atoms with Gasteiger partial charge in [0.1, 0.15) is 5.75 Å². The third-order valence-electron chi connectivity index (χ3n) is 2.84. The Bertz CT molecular complexity index is 563. The van der Waals surface area contributed by atoms with Gasteiger partial charge >= 0.3 is 0 Å². The highest BCUT2D eigenvalue weighted by atomic mass is 16.6. The number of ether oxygens (including phenoxy) is 2. The zero-order valence-electron chi connectivity index (χ0n) is 11.1. The summed E-state index contributed by atoms with van der Waals surface area (Å²) >= 11 is 0. The molecule has 0 atom stereocenters. The standard InChI is InChI=1S/C15H15NO4/c1-19-15-8-4-13(5-9-15)11-20-10-12-2-6-14(7-3-12)16(17)18/h2-9H,10-11H2,1H3. The minimum absolute atomic E-state index is 0.0869. The van der Waals surface area contributed by atoms with E-state index < -0.39 is 4.92 Å². The maximum atomic E-state index is 10.5. The third-order valence-corrected chi connectivity index (χ3v) is 2.84. The summed E-state index contributed by atoms with van der Waals surface area (Å²) in [7, 11) is 1.63. The fraction of sp³-hybridized carbons (Fsp3) is 0.200. The summed E-state index contributed by atoms with van der Waals surface area (Å²) in [4.78, 5) is 10.1. The normalized spacial score (nSPS) is 10.2. The van der Waals surface area contributed by atoms with Gasteiger partial charge in [-0.1, -0.05) is 12.1 Å². The van der Waals surface area contributed by atoms with E-state index >= 15 is 0 Å². The summed E-state index contributed by atoms with van der Waals surface area (Å²) in [5.41, 5.74) is 2.04. The number of methoxy groups -OCH3 is 1. The highest BCUT2D eigenvalue weighted by molar-refractivity contribution is 5.32. The number of rotatable bonds is 6. The smallest absolute Gasteiger partial charge is 0.269 e. The van der Waals surface area contributed by atoms with Crippen molar-refractivity contribution in [2.45, 2.75) is 13.2 Å². The van der Waals surface area contributed by atoms with Crippen molar-refractivity contribution in [3.63, 3.8) is 0 Å². The van der Waals surface area contributed by atoms with Gasteiger partial charge in [-0.3, -0.25) is 10.1 Å². The van der Waals surface area contributed by atoms with Gasteiger partial charge in [0.15, 0.2) is 0 Å². The largest absolute Gasteiger partial charge is 0.497 e. The molecule has 5 nitrogen and oxygen atoms in total. The number of nitrogens with zero attached hydrogens (tertiary/aromatic N) is 1. The molecule has 0 amide bonds. The molecule has 0 saturated carbocycles. The molecule has 20 heavy (non-hydrogen) atoms. The van der Waals surface area contributed by atoms with Crippen LogP contribution in [0.25, 0.3) is 0 Å². The molecule has 0 aliphatic carbocycles. The molecule has 0 N–H and O–H groups in total. The lowest BCUT2D eigenvalue weighted by atomic mass is 10.2. The molecule has 0 unspecified atom stereocenters. The first kappa shape index (κ1) is 14.0. The van der Waals surface area contributed by atoms with Crippen molar-refractivity contribution in [3.8, 4) is 5.75 Å². The number of hydrogen-bond acceptors (Lipinski definition) is 4. The van der Waals surface area contributed by atoms with Crippen LogP contribution >= 0.6 is 0 Å². The predicted octanol–water partition coefficient (Wildman–Crippen LogP) is 3.32. The second kappa shape index (κ2) is 6.68. The second-order valence-electron chi connectivity index (χ2n) is 4.26. The molecule has 2 rings (SSSR count). The summed E-state index contributed by atoms with van der Waals surface area (Å²) in [5.74, 6) is 0.809. The Balaban J connectivity index is 1.84. The number of nitro groups is 1. The van der Waals surface area contributed by atoms with E-state index in [2.05, 4.69) is 0 Å². The number of non-ortho nitro benzene ring substituents is 1. The van der Waals surface area contributed by atoms with Crippen LogP contribution in [0.2, 0.25) is 0 Å². The van der Waals surface area contributed by atoms with E-state index in [-0.39, 0.29) is 5.69 Å². The van der Waals surface area contributed by atoms with Crippen molar-refractivity contribution in [1.82, 2.24) is 0 Å². The average molecular weight is 273 g/mol. The summed E-state index contributed by atoms with van der Waals surface area (Å²) in [6.07, 6.45) is 0. The Labute approximate surface area is 116 Å². The lowest BCUT2D eigenvalue weighted by Gasteiger charge is -2.05. The van der Waals surface area contributed by atoms with Crippen molar-refractivity contribution >= 4 is 5.69 Å². The molecule has 0 aromatic heterocycles. The van der Waals surface area contributed by atoms with E-state index in [4.69, 9.17) is 9.47 Å². The molecule has 0 fully saturated rings. The molecule has 0 bridgehead atoms. The monoisotopic (exact) mass is 273 g/mol. The van der Waals surface area contributed by atoms with Crippen molar-refractivity contribution in [2.24, 2.45) is 0 Å². The fourth-order valence-electron chi connectivity index (χ4n) is 1.72. The topological polar surface area (TPSA) is 61.6 Å². The minimum atomic E-state index is -0.415. The van der Waals surface area contributed by atoms with E-state index in [0.29, 0.717) is 13.2 Å². The zero-order valence-corrected chi connectivity index (χ0v) is 11.1. The molecule has 0 saturated heterocycles. The van der Waals surface area contributed by atoms with Gasteiger partial charge in [0.25, 0.3) is 5.69 Å². The molecular formula is C15H15NO4. The Morgan fingerprint density at radius 2 is 1.45 bits per heavy atom. The molecule has 104 valence electrons. The third kappa shape index (κ3) is 3.80. The van der Waals surface area contributed by atoms with Crippen molar-refractivity contribution in [2.75, 3.05) is 7.11 Å². The van der Waals surface area contributed by atoms with Gasteiger partial charge in [-0.2, -0.15) is 0 Å². The Morgan fingerprint density at radius 3 is 1.90 bits per heavy atom. The van der Waals surface area contributed by atoms with Crippen LogP contribution in [0, 0.1) is 10.1 Å². The Hall–Kier alpha value is -2.40. The van der Waals surface area contributed by atoms with Gasteiger partial charge in [-0.25, -0.2) is 0 Å². The maximum absolute atomic E-state index is 10.5. The molecular weight excluding hydrogens is 258 g/mol. The highest BCUT2D eigenvalue weighted by Gasteiger charge is 2.03.